The molecule has 4 fully saturated rings. The minimum absolute atomic E-state index is 0.0748. The number of aliphatic hydroxyl groups is 1. The minimum atomic E-state index is -0.809. The Balaban J connectivity index is 1.77. The number of allylic oxidation sites excluding steroid dienone is 1. The molecule has 1 spiro atoms. The molecule has 0 amide bonds. The quantitative estimate of drug-likeness (QED) is 0.581. The van der Waals surface area contributed by atoms with Crippen molar-refractivity contribution in [3.63, 3.8) is 0 Å². The van der Waals surface area contributed by atoms with Crippen molar-refractivity contribution < 1.29 is 14.6 Å². The van der Waals surface area contributed by atoms with Crippen molar-refractivity contribution >= 4 is 5.97 Å². The molecule has 3 unspecified atom stereocenters. The van der Waals surface area contributed by atoms with Gasteiger partial charge in [0.15, 0.2) is 0 Å². The molecule has 3 saturated carbocycles. The van der Waals surface area contributed by atoms with E-state index in [1.54, 1.807) is 0 Å². The molecular weight excluding hydrogens is 312 g/mol. The van der Waals surface area contributed by atoms with Gasteiger partial charge in [-0.3, -0.25) is 4.79 Å². The normalized spacial score (nSPS) is 58.5. The van der Waals surface area contributed by atoms with E-state index in [2.05, 4.69) is 33.4 Å². The number of carbonyl (C=O) groups is 1. The Bertz CT molecular complexity index is 723. The molecule has 1 heterocycles. The second kappa shape index (κ2) is 4.24. The molecule has 0 aromatic carbocycles. The summed E-state index contributed by atoms with van der Waals surface area (Å²) in [5.74, 6) is 1.08. The van der Waals surface area contributed by atoms with Crippen LogP contribution in [0.25, 0.3) is 0 Å². The molecule has 5 rings (SSSR count). The number of ether oxygens (including phenoxy) is 1. The van der Waals surface area contributed by atoms with Crippen LogP contribution in [0.1, 0.15) is 53.4 Å². The van der Waals surface area contributed by atoms with Gasteiger partial charge in [0.2, 0.25) is 0 Å². The number of aliphatic hydroxyl groups excluding tert-OH is 1. The second-order valence-electron chi connectivity index (χ2n) is 10.4. The number of rotatable bonds is 1. The average molecular weight is 342 g/mol. The Morgan fingerprint density at radius 1 is 1.36 bits per heavy atom. The van der Waals surface area contributed by atoms with Crippen molar-refractivity contribution in [2.75, 3.05) is 0 Å². The van der Waals surface area contributed by atoms with E-state index in [9.17, 15) is 9.90 Å². The maximum absolute atomic E-state index is 12.9. The molecule has 136 valence electrons. The van der Waals surface area contributed by atoms with Gasteiger partial charge in [-0.25, -0.2) is 0 Å². The van der Waals surface area contributed by atoms with E-state index in [4.69, 9.17) is 4.74 Å². The highest BCUT2D eigenvalue weighted by atomic mass is 16.6. The highest BCUT2D eigenvalue weighted by Crippen LogP contribution is 2.79. The summed E-state index contributed by atoms with van der Waals surface area (Å²) in [5, 5.41) is 10.8. The van der Waals surface area contributed by atoms with E-state index >= 15 is 0 Å². The van der Waals surface area contributed by atoms with E-state index in [0.29, 0.717) is 17.8 Å². The van der Waals surface area contributed by atoms with E-state index in [1.807, 2.05) is 13.0 Å². The third-order valence-corrected chi connectivity index (χ3v) is 9.07. The SMILES string of the molecule is C=C1C[C@]23CC1(C)CCC2[C@@]12C=C[C@H](O)[C@@](C)(C(=O)O1)C2[C@@H]3C(C)C. The Kier molecular flexibility index (Phi) is 2.73. The molecule has 3 heteroatoms. The Morgan fingerprint density at radius 3 is 2.76 bits per heavy atom. The summed E-state index contributed by atoms with van der Waals surface area (Å²) >= 11 is 0. The zero-order chi connectivity index (χ0) is 18.0. The lowest BCUT2D eigenvalue weighted by Gasteiger charge is -2.47. The first-order chi connectivity index (χ1) is 11.6. The van der Waals surface area contributed by atoms with Gasteiger partial charge in [0.05, 0.1) is 6.10 Å². The number of hydrogen-bond acceptors (Lipinski definition) is 3. The van der Waals surface area contributed by atoms with Crippen LogP contribution in [-0.4, -0.2) is 22.8 Å². The zero-order valence-corrected chi connectivity index (χ0v) is 15.8. The van der Waals surface area contributed by atoms with Crippen LogP contribution in [0.4, 0.5) is 0 Å². The molecule has 8 atom stereocenters. The van der Waals surface area contributed by atoms with Crippen molar-refractivity contribution in [3.8, 4) is 0 Å². The lowest BCUT2D eigenvalue weighted by molar-refractivity contribution is -0.159. The number of esters is 1. The number of fused-ring (bicyclic) bond motifs is 1. The lowest BCUT2D eigenvalue weighted by atomic mass is 9.57. The first kappa shape index (κ1) is 16.1. The summed E-state index contributed by atoms with van der Waals surface area (Å²) in [6.07, 6.45) is 7.65. The molecular formula is C22H30O3. The molecule has 0 aromatic rings. The molecule has 0 radical (unpaired) electrons. The Morgan fingerprint density at radius 2 is 2.08 bits per heavy atom. The average Bonchev–Trinajstić information content (AvgIpc) is 2.95. The molecule has 0 aromatic heterocycles. The van der Waals surface area contributed by atoms with Crippen LogP contribution in [0.15, 0.2) is 24.3 Å². The van der Waals surface area contributed by atoms with Crippen molar-refractivity contribution in [1.29, 1.82) is 0 Å². The summed E-state index contributed by atoms with van der Waals surface area (Å²) in [7, 11) is 0. The fraction of sp³-hybridized carbons (Fsp3) is 0.773. The minimum Gasteiger partial charge on any atom is -0.454 e. The van der Waals surface area contributed by atoms with Gasteiger partial charge in [-0.05, 0) is 61.3 Å². The van der Waals surface area contributed by atoms with Crippen LogP contribution in [-0.2, 0) is 9.53 Å². The third-order valence-electron chi connectivity index (χ3n) is 9.07. The topological polar surface area (TPSA) is 46.5 Å². The monoisotopic (exact) mass is 342 g/mol. The largest absolute Gasteiger partial charge is 0.454 e. The van der Waals surface area contributed by atoms with Gasteiger partial charge in [0, 0.05) is 11.8 Å². The van der Waals surface area contributed by atoms with E-state index < -0.39 is 17.1 Å². The number of carbonyl (C=O) groups excluding carboxylic acids is 1. The summed E-state index contributed by atoms with van der Waals surface area (Å²) in [6, 6.07) is 0. The van der Waals surface area contributed by atoms with Gasteiger partial charge in [0.1, 0.15) is 11.0 Å². The van der Waals surface area contributed by atoms with Crippen molar-refractivity contribution in [2.45, 2.75) is 65.1 Å². The molecule has 5 aliphatic rings. The van der Waals surface area contributed by atoms with Gasteiger partial charge < -0.3 is 9.84 Å². The molecule has 1 N–H and O–H groups in total. The first-order valence-electron chi connectivity index (χ1n) is 9.91. The van der Waals surface area contributed by atoms with Gasteiger partial charge in [-0.15, -0.1) is 0 Å². The van der Waals surface area contributed by atoms with Crippen LogP contribution < -0.4 is 0 Å². The first-order valence-corrected chi connectivity index (χ1v) is 9.91. The van der Waals surface area contributed by atoms with Gasteiger partial charge in [-0.1, -0.05) is 39.0 Å². The van der Waals surface area contributed by atoms with Crippen LogP contribution >= 0.6 is 0 Å². The van der Waals surface area contributed by atoms with Crippen molar-refractivity contribution in [2.24, 2.45) is 39.9 Å². The van der Waals surface area contributed by atoms with Gasteiger partial charge in [-0.2, -0.15) is 0 Å². The van der Waals surface area contributed by atoms with Crippen LogP contribution in [0.5, 0.6) is 0 Å². The van der Waals surface area contributed by atoms with Crippen LogP contribution in [0.2, 0.25) is 0 Å². The summed E-state index contributed by atoms with van der Waals surface area (Å²) in [4.78, 5) is 12.9. The van der Waals surface area contributed by atoms with Crippen molar-refractivity contribution in [1.82, 2.24) is 0 Å². The molecule has 4 aliphatic carbocycles. The summed E-state index contributed by atoms with van der Waals surface area (Å²) < 4.78 is 6.22. The highest BCUT2D eigenvalue weighted by molar-refractivity contribution is 5.83. The molecule has 3 nitrogen and oxygen atoms in total. The lowest BCUT2D eigenvalue weighted by Crippen LogP contribution is -2.50. The second-order valence-corrected chi connectivity index (χ2v) is 10.4. The predicted octanol–water partition coefficient (Wildman–Crippen LogP) is 3.87. The fourth-order valence-electron chi connectivity index (χ4n) is 8.18. The van der Waals surface area contributed by atoms with E-state index in [0.717, 1.165) is 19.3 Å². The van der Waals surface area contributed by atoms with Crippen LogP contribution in [0.3, 0.4) is 0 Å². The highest BCUT2D eigenvalue weighted by Gasteiger charge is 2.81. The maximum Gasteiger partial charge on any atom is 0.316 e. The van der Waals surface area contributed by atoms with Crippen molar-refractivity contribution in [3.05, 3.63) is 24.3 Å². The van der Waals surface area contributed by atoms with Crippen LogP contribution in [0, 0.1) is 39.9 Å². The van der Waals surface area contributed by atoms with Gasteiger partial charge in [0.25, 0.3) is 0 Å². The van der Waals surface area contributed by atoms with E-state index in [-0.39, 0.29) is 22.7 Å². The smallest absolute Gasteiger partial charge is 0.316 e. The predicted molar refractivity (Wildman–Crippen MR) is 95.5 cm³/mol. The maximum atomic E-state index is 12.9. The zero-order valence-electron chi connectivity index (χ0n) is 15.8. The molecule has 1 saturated heterocycles. The Hall–Kier alpha value is -1.09. The molecule has 4 bridgehead atoms. The summed E-state index contributed by atoms with van der Waals surface area (Å²) in [6.45, 7) is 13.4. The van der Waals surface area contributed by atoms with Gasteiger partial charge >= 0.3 is 5.97 Å². The third kappa shape index (κ3) is 1.46. The standard InChI is InChI=1S/C22H30O3/c1-12(2)16-17-20(5)15(23)7-9-22(17,25-18(20)24)14-6-8-19(4)11-21(14,16)10-13(19)3/h7,9,12,14-17,23H,3,6,8,10-11H2,1-2,4-5H3/t14?,15-,16-,17?,19?,20+,21-,22+/m0/s1. The number of hydrogen-bond donors (Lipinski definition) is 1. The summed E-state index contributed by atoms with van der Waals surface area (Å²) in [5.41, 5.74) is 0.481. The fourth-order valence-corrected chi connectivity index (χ4v) is 8.18. The van der Waals surface area contributed by atoms with E-state index in [1.165, 1.54) is 12.0 Å². The Labute approximate surface area is 150 Å². The molecule has 1 aliphatic heterocycles. The molecule has 25 heavy (non-hydrogen) atoms.